The van der Waals surface area contributed by atoms with Crippen molar-refractivity contribution in [2.24, 2.45) is 5.84 Å². The van der Waals surface area contributed by atoms with Gasteiger partial charge in [-0.25, -0.2) is 10.8 Å². The second-order valence-corrected chi connectivity index (χ2v) is 5.18. The third kappa shape index (κ3) is 3.34. The highest BCUT2D eigenvalue weighted by Crippen LogP contribution is 2.18. The molecule has 2 aromatic rings. The zero-order chi connectivity index (χ0) is 14.5. The molecule has 0 fully saturated rings. The van der Waals surface area contributed by atoms with Crippen LogP contribution in [0.3, 0.4) is 0 Å². The minimum Gasteiger partial charge on any atom is -0.337 e. The number of amides is 1. The van der Waals surface area contributed by atoms with Crippen LogP contribution in [0.25, 0.3) is 0 Å². The van der Waals surface area contributed by atoms with E-state index in [1.165, 1.54) is 6.20 Å². The normalized spacial score (nSPS) is 10.2. The van der Waals surface area contributed by atoms with E-state index in [0.717, 1.165) is 10.0 Å². The largest absolute Gasteiger partial charge is 0.337 e. The molecule has 0 aliphatic carbocycles. The Hall–Kier alpha value is -1.92. The van der Waals surface area contributed by atoms with Crippen molar-refractivity contribution < 1.29 is 4.79 Å². The zero-order valence-corrected chi connectivity index (χ0v) is 12.6. The molecular formula is C14H15BrN4O. The van der Waals surface area contributed by atoms with Crippen LogP contribution in [-0.4, -0.2) is 22.8 Å². The highest BCUT2D eigenvalue weighted by atomic mass is 79.9. The number of halogens is 1. The Morgan fingerprint density at radius 3 is 2.70 bits per heavy atom. The van der Waals surface area contributed by atoms with Gasteiger partial charge >= 0.3 is 0 Å². The number of nitrogens with zero attached hydrogens (tertiary/aromatic N) is 2. The lowest BCUT2D eigenvalue weighted by atomic mass is 10.2. The Balaban J connectivity index is 2.10. The first kappa shape index (κ1) is 14.5. The van der Waals surface area contributed by atoms with E-state index >= 15 is 0 Å². The van der Waals surface area contributed by atoms with E-state index in [4.69, 9.17) is 5.84 Å². The number of hydrogen-bond donors (Lipinski definition) is 2. The van der Waals surface area contributed by atoms with Crippen molar-refractivity contribution in [2.45, 2.75) is 6.54 Å². The highest BCUT2D eigenvalue weighted by molar-refractivity contribution is 9.10. The predicted octanol–water partition coefficient (Wildman–Crippen LogP) is 2.40. The fourth-order valence-electron chi connectivity index (χ4n) is 1.78. The van der Waals surface area contributed by atoms with Crippen molar-refractivity contribution in [3.63, 3.8) is 0 Å². The molecule has 0 spiro atoms. The summed E-state index contributed by atoms with van der Waals surface area (Å²) in [6.45, 7) is 0.525. The van der Waals surface area contributed by atoms with Gasteiger partial charge in [-0.3, -0.25) is 4.79 Å². The van der Waals surface area contributed by atoms with Crippen LogP contribution in [-0.2, 0) is 6.54 Å². The van der Waals surface area contributed by atoms with Gasteiger partial charge in [-0.15, -0.1) is 0 Å². The van der Waals surface area contributed by atoms with Gasteiger partial charge in [0.05, 0.1) is 5.56 Å². The van der Waals surface area contributed by atoms with E-state index in [1.807, 2.05) is 24.3 Å². The van der Waals surface area contributed by atoms with E-state index in [1.54, 1.807) is 24.1 Å². The first-order valence-electron chi connectivity index (χ1n) is 6.03. The number of carbonyl (C=O) groups is 1. The molecule has 104 valence electrons. The number of nitrogens with one attached hydrogen (secondary N) is 1. The third-order valence-electron chi connectivity index (χ3n) is 2.87. The van der Waals surface area contributed by atoms with Gasteiger partial charge in [0, 0.05) is 24.3 Å². The molecule has 20 heavy (non-hydrogen) atoms. The van der Waals surface area contributed by atoms with Crippen molar-refractivity contribution in [3.05, 3.63) is 58.2 Å². The number of aromatic nitrogens is 1. The van der Waals surface area contributed by atoms with Crippen molar-refractivity contribution in [1.82, 2.24) is 9.88 Å². The second-order valence-electron chi connectivity index (χ2n) is 4.33. The monoisotopic (exact) mass is 334 g/mol. The maximum absolute atomic E-state index is 12.3. The molecule has 1 aromatic heterocycles. The maximum atomic E-state index is 12.3. The van der Waals surface area contributed by atoms with E-state index in [0.29, 0.717) is 17.9 Å². The molecule has 0 bridgehead atoms. The molecule has 0 aliphatic rings. The summed E-state index contributed by atoms with van der Waals surface area (Å²) < 4.78 is 0.987. The third-order valence-corrected chi connectivity index (χ3v) is 3.64. The minimum absolute atomic E-state index is 0.0863. The first-order valence-corrected chi connectivity index (χ1v) is 6.82. The molecule has 0 atom stereocenters. The Kier molecular flexibility index (Phi) is 4.70. The Bertz CT molecular complexity index is 600. The number of hydrogen-bond acceptors (Lipinski definition) is 4. The molecule has 0 unspecified atom stereocenters. The van der Waals surface area contributed by atoms with E-state index in [2.05, 4.69) is 26.3 Å². The number of nitrogen functional groups attached to an aromatic ring is 1. The average Bonchev–Trinajstić information content (AvgIpc) is 2.49. The standard InChI is InChI=1S/C14H15BrN4O/c1-19(9-11-4-2-3-5-12(11)15)14(20)10-6-7-13(18-16)17-8-10/h2-8H,9,16H2,1H3,(H,17,18). The summed E-state index contributed by atoms with van der Waals surface area (Å²) in [5.74, 6) is 5.68. The summed E-state index contributed by atoms with van der Waals surface area (Å²) in [5.41, 5.74) is 4.01. The van der Waals surface area contributed by atoms with E-state index in [-0.39, 0.29) is 5.91 Å². The molecule has 0 aliphatic heterocycles. The summed E-state index contributed by atoms with van der Waals surface area (Å²) in [7, 11) is 1.76. The molecule has 1 amide bonds. The van der Waals surface area contributed by atoms with Gasteiger partial charge in [-0.2, -0.15) is 0 Å². The topological polar surface area (TPSA) is 71.2 Å². The van der Waals surface area contributed by atoms with Crippen LogP contribution in [0.5, 0.6) is 0 Å². The van der Waals surface area contributed by atoms with Crippen LogP contribution < -0.4 is 11.3 Å². The van der Waals surface area contributed by atoms with Crippen LogP contribution in [0.2, 0.25) is 0 Å². The van der Waals surface area contributed by atoms with Gasteiger partial charge in [-0.05, 0) is 23.8 Å². The Morgan fingerprint density at radius 2 is 2.10 bits per heavy atom. The summed E-state index contributed by atoms with van der Waals surface area (Å²) in [6.07, 6.45) is 1.51. The molecule has 1 aromatic carbocycles. The molecule has 0 saturated carbocycles. The summed E-state index contributed by atoms with van der Waals surface area (Å²) in [6, 6.07) is 11.2. The van der Waals surface area contributed by atoms with E-state index < -0.39 is 0 Å². The lowest BCUT2D eigenvalue weighted by Crippen LogP contribution is -2.26. The Labute approximate surface area is 125 Å². The van der Waals surface area contributed by atoms with Gasteiger partial charge < -0.3 is 10.3 Å². The van der Waals surface area contributed by atoms with Crippen LogP contribution in [0.1, 0.15) is 15.9 Å². The fraction of sp³-hybridized carbons (Fsp3) is 0.143. The number of anilines is 1. The van der Waals surface area contributed by atoms with Crippen LogP contribution in [0.15, 0.2) is 47.1 Å². The number of rotatable bonds is 4. The van der Waals surface area contributed by atoms with Gasteiger partial charge in [0.25, 0.3) is 5.91 Å². The summed E-state index contributed by atoms with van der Waals surface area (Å²) in [4.78, 5) is 18.0. The van der Waals surface area contributed by atoms with Crippen LogP contribution in [0.4, 0.5) is 5.82 Å². The first-order chi connectivity index (χ1) is 9.61. The number of carbonyl (C=O) groups excluding carboxylic acids is 1. The van der Waals surface area contributed by atoms with E-state index in [9.17, 15) is 4.79 Å². The van der Waals surface area contributed by atoms with Crippen LogP contribution in [0, 0.1) is 0 Å². The Morgan fingerprint density at radius 1 is 1.35 bits per heavy atom. The van der Waals surface area contributed by atoms with Gasteiger partial charge in [-0.1, -0.05) is 34.1 Å². The highest BCUT2D eigenvalue weighted by Gasteiger charge is 2.13. The predicted molar refractivity (Wildman–Crippen MR) is 82.0 cm³/mol. The molecule has 3 N–H and O–H groups in total. The number of benzene rings is 1. The molecule has 6 heteroatoms. The van der Waals surface area contributed by atoms with Gasteiger partial charge in [0.15, 0.2) is 0 Å². The summed E-state index contributed by atoms with van der Waals surface area (Å²) >= 11 is 3.48. The molecule has 1 heterocycles. The lowest BCUT2D eigenvalue weighted by Gasteiger charge is -2.18. The average molecular weight is 335 g/mol. The number of hydrazine groups is 1. The van der Waals surface area contributed by atoms with Crippen LogP contribution >= 0.6 is 15.9 Å². The minimum atomic E-state index is -0.0863. The molecule has 0 radical (unpaired) electrons. The lowest BCUT2D eigenvalue weighted by molar-refractivity contribution is 0.0784. The molecule has 5 nitrogen and oxygen atoms in total. The quantitative estimate of drug-likeness (QED) is 0.665. The molecule has 0 saturated heterocycles. The SMILES string of the molecule is CN(Cc1ccccc1Br)C(=O)c1ccc(NN)nc1. The second kappa shape index (κ2) is 6.49. The fourth-order valence-corrected chi connectivity index (χ4v) is 2.19. The zero-order valence-electron chi connectivity index (χ0n) is 11.0. The molecule has 2 rings (SSSR count). The molecular weight excluding hydrogens is 320 g/mol. The number of nitrogens with two attached hydrogens (primary N) is 1. The van der Waals surface area contributed by atoms with Gasteiger partial charge in [0.1, 0.15) is 5.82 Å². The van der Waals surface area contributed by atoms with Crippen molar-refractivity contribution in [2.75, 3.05) is 12.5 Å². The number of pyridine rings is 1. The summed E-state index contributed by atoms with van der Waals surface area (Å²) in [5, 5.41) is 0. The van der Waals surface area contributed by atoms with Crippen molar-refractivity contribution >= 4 is 27.7 Å². The van der Waals surface area contributed by atoms with Gasteiger partial charge in [0.2, 0.25) is 0 Å². The smallest absolute Gasteiger partial charge is 0.255 e. The van der Waals surface area contributed by atoms with Crippen molar-refractivity contribution in [1.29, 1.82) is 0 Å². The van der Waals surface area contributed by atoms with Crippen molar-refractivity contribution in [3.8, 4) is 0 Å². The maximum Gasteiger partial charge on any atom is 0.255 e.